The molecule has 0 radical (unpaired) electrons. The van der Waals surface area contributed by atoms with E-state index in [0.717, 1.165) is 11.3 Å². The van der Waals surface area contributed by atoms with Gasteiger partial charge in [-0.15, -0.1) is 0 Å². The van der Waals surface area contributed by atoms with Crippen molar-refractivity contribution in [1.29, 1.82) is 0 Å². The summed E-state index contributed by atoms with van der Waals surface area (Å²) in [6.45, 7) is 5.54. The molecule has 2 N–H and O–H groups in total. The highest BCUT2D eigenvalue weighted by Crippen LogP contribution is 2.13. The van der Waals surface area contributed by atoms with Gasteiger partial charge < -0.3 is 20.1 Å². The molecular formula is C18H26N2O5. The van der Waals surface area contributed by atoms with Gasteiger partial charge in [-0.3, -0.25) is 9.59 Å². The number of ether oxygens (including phenoxy) is 1. The fraction of sp³-hybridized carbons (Fsp3) is 0.500. The summed E-state index contributed by atoms with van der Waals surface area (Å²) in [6, 6.07) is 6.68. The van der Waals surface area contributed by atoms with Crippen LogP contribution in [0.1, 0.15) is 32.3 Å². The van der Waals surface area contributed by atoms with Crippen molar-refractivity contribution >= 4 is 17.8 Å². The third-order valence-corrected chi connectivity index (χ3v) is 3.67. The molecule has 0 fully saturated rings. The number of hydrogen-bond acceptors (Lipinski definition) is 4. The molecule has 0 spiro atoms. The second kappa shape index (κ2) is 10.3. The fourth-order valence-electron chi connectivity index (χ4n) is 2.28. The lowest BCUT2D eigenvalue weighted by Gasteiger charge is -2.26. The molecule has 7 nitrogen and oxygen atoms in total. The summed E-state index contributed by atoms with van der Waals surface area (Å²) in [5.74, 6) is -0.823. The Morgan fingerprint density at radius 1 is 1.32 bits per heavy atom. The van der Waals surface area contributed by atoms with Crippen LogP contribution >= 0.6 is 0 Å². The van der Waals surface area contributed by atoms with Crippen molar-refractivity contribution in [2.45, 2.75) is 39.7 Å². The molecule has 0 aliphatic heterocycles. The summed E-state index contributed by atoms with van der Waals surface area (Å²) in [5.41, 5.74) is 1.09. The molecule has 1 aromatic rings. The van der Waals surface area contributed by atoms with Crippen LogP contribution in [0.4, 0.5) is 0 Å². The Kier molecular flexibility index (Phi) is 8.46. The molecule has 138 valence electrons. The Morgan fingerprint density at radius 3 is 2.64 bits per heavy atom. The topological polar surface area (TPSA) is 95.9 Å². The third-order valence-electron chi connectivity index (χ3n) is 3.67. The number of nitrogens with one attached hydrogen (secondary N) is 1. The monoisotopic (exact) mass is 350 g/mol. The van der Waals surface area contributed by atoms with E-state index in [1.54, 1.807) is 0 Å². The highest BCUT2D eigenvalue weighted by molar-refractivity contribution is 5.83. The fourth-order valence-corrected chi connectivity index (χ4v) is 2.28. The number of aryl methyl sites for hydroxylation is 1. The molecule has 0 aromatic heterocycles. The molecule has 2 amide bonds. The molecule has 25 heavy (non-hydrogen) atoms. The van der Waals surface area contributed by atoms with Crippen LogP contribution in [0, 0.1) is 6.92 Å². The van der Waals surface area contributed by atoms with Crippen molar-refractivity contribution in [2.75, 3.05) is 19.7 Å². The average molecular weight is 350 g/mol. The molecule has 1 aromatic carbocycles. The Hall–Kier alpha value is -2.57. The van der Waals surface area contributed by atoms with E-state index < -0.39 is 12.0 Å². The molecule has 0 aliphatic carbocycles. The number of amides is 2. The Morgan fingerprint density at radius 2 is 2.04 bits per heavy atom. The van der Waals surface area contributed by atoms with Crippen LogP contribution in [-0.4, -0.2) is 53.5 Å². The van der Waals surface area contributed by atoms with Crippen LogP contribution in [0.15, 0.2) is 24.3 Å². The van der Waals surface area contributed by atoms with Gasteiger partial charge >= 0.3 is 5.97 Å². The maximum atomic E-state index is 12.3. The van der Waals surface area contributed by atoms with E-state index in [4.69, 9.17) is 9.84 Å². The first kappa shape index (κ1) is 20.5. The number of hydrogen-bond donors (Lipinski definition) is 2. The average Bonchev–Trinajstić information content (AvgIpc) is 2.54. The first-order valence-electron chi connectivity index (χ1n) is 8.27. The van der Waals surface area contributed by atoms with Crippen LogP contribution < -0.4 is 10.1 Å². The third kappa shape index (κ3) is 7.69. The van der Waals surface area contributed by atoms with Crippen LogP contribution in [0.25, 0.3) is 0 Å². The number of benzene rings is 1. The molecule has 1 unspecified atom stereocenters. The van der Waals surface area contributed by atoms with Gasteiger partial charge in [-0.05, 0) is 38.0 Å². The van der Waals surface area contributed by atoms with Crippen LogP contribution in [-0.2, 0) is 14.4 Å². The summed E-state index contributed by atoms with van der Waals surface area (Å²) in [4.78, 5) is 35.7. The van der Waals surface area contributed by atoms with Crippen molar-refractivity contribution < 1.29 is 24.2 Å². The predicted molar refractivity (Wildman–Crippen MR) is 93.4 cm³/mol. The summed E-state index contributed by atoms with van der Waals surface area (Å²) >= 11 is 0. The van der Waals surface area contributed by atoms with Gasteiger partial charge in [0.2, 0.25) is 11.8 Å². The number of carboxylic acids is 1. The number of carbonyl (C=O) groups excluding carboxylic acids is 2. The van der Waals surface area contributed by atoms with Gasteiger partial charge in [0.15, 0.2) is 0 Å². The number of nitrogens with zero attached hydrogens (tertiary/aromatic N) is 1. The largest absolute Gasteiger partial charge is 0.494 e. The van der Waals surface area contributed by atoms with Gasteiger partial charge in [-0.1, -0.05) is 12.1 Å². The quantitative estimate of drug-likeness (QED) is 0.625. The van der Waals surface area contributed by atoms with Gasteiger partial charge in [0, 0.05) is 26.4 Å². The molecule has 0 saturated carbocycles. The molecule has 0 heterocycles. The van der Waals surface area contributed by atoms with Gasteiger partial charge in [0.25, 0.3) is 0 Å². The number of carboxylic acid groups (broad SMARTS) is 1. The molecule has 0 bridgehead atoms. The first-order valence-corrected chi connectivity index (χ1v) is 8.27. The second-order valence-corrected chi connectivity index (χ2v) is 5.85. The zero-order valence-electron chi connectivity index (χ0n) is 14.9. The molecule has 1 atom stereocenters. The van der Waals surface area contributed by atoms with Gasteiger partial charge in [-0.25, -0.2) is 4.79 Å². The lowest BCUT2D eigenvalue weighted by atomic mass is 10.2. The minimum Gasteiger partial charge on any atom is -0.494 e. The molecule has 0 aliphatic rings. The lowest BCUT2D eigenvalue weighted by Crippen LogP contribution is -2.46. The molecule has 7 heteroatoms. The minimum atomic E-state index is -1.08. The van der Waals surface area contributed by atoms with Crippen molar-refractivity contribution in [1.82, 2.24) is 10.2 Å². The van der Waals surface area contributed by atoms with E-state index in [1.165, 1.54) is 18.7 Å². The summed E-state index contributed by atoms with van der Waals surface area (Å²) in [7, 11) is 0. The Labute approximate surface area is 148 Å². The van der Waals surface area contributed by atoms with Crippen molar-refractivity contribution in [3.8, 4) is 5.75 Å². The van der Waals surface area contributed by atoms with E-state index in [0.29, 0.717) is 13.0 Å². The maximum Gasteiger partial charge on any atom is 0.326 e. The second-order valence-electron chi connectivity index (χ2n) is 5.85. The smallest absolute Gasteiger partial charge is 0.326 e. The van der Waals surface area contributed by atoms with Crippen molar-refractivity contribution in [2.24, 2.45) is 0 Å². The number of rotatable bonds is 10. The van der Waals surface area contributed by atoms with E-state index in [9.17, 15) is 14.4 Å². The van der Waals surface area contributed by atoms with Crippen LogP contribution in [0.5, 0.6) is 5.75 Å². The zero-order chi connectivity index (χ0) is 18.8. The van der Waals surface area contributed by atoms with Crippen molar-refractivity contribution in [3.63, 3.8) is 0 Å². The lowest BCUT2D eigenvalue weighted by molar-refractivity contribution is -0.149. The molecule has 0 saturated heterocycles. The summed E-state index contributed by atoms with van der Waals surface area (Å²) in [5, 5.41) is 11.7. The Bertz CT molecular complexity index is 603. The minimum absolute atomic E-state index is 0.157. The van der Waals surface area contributed by atoms with E-state index >= 15 is 0 Å². The van der Waals surface area contributed by atoms with E-state index in [1.807, 2.05) is 31.2 Å². The van der Waals surface area contributed by atoms with Gasteiger partial charge in [0.05, 0.1) is 6.61 Å². The van der Waals surface area contributed by atoms with E-state index in [2.05, 4.69) is 5.32 Å². The van der Waals surface area contributed by atoms with E-state index in [-0.39, 0.29) is 31.3 Å². The number of carbonyl (C=O) groups is 3. The molecule has 1 rings (SSSR count). The highest BCUT2D eigenvalue weighted by atomic mass is 16.5. The summed E-state index contributed by atoms with van der Waals surface area (Å²) in [6.07, 6.45) is 0.666. The standard InChI is InChI=1S/C18H26N2O5/c1-13-6-4-7-16(12-13)25-11-5-8-17(22)20(14(2)18(23)24)10-9-19-15(3)21/h4,6-7,12,14H,5,8-11H2,1-3H3,(H,19,21)(H,23,24). The van der Waals surface area contributed by atoms with Crippen LogP contribution in [0.3, 0.4) is 0 Å². The zero-order valence-corrected chi connectivity index (χ0v) is 14.9. The number of aliphatic carboxylic acids is 1. The Balaban J connectivity index is 2.47. The predicted octanol–water partition coefficient (Wildman–Crippen LogP) is 1.59. The maximum absolute atomic E-state index is 12.3. The molecular weight excluding hydrogens is 324 g/mol. The summed E-state index contributed by atoms with van der Waals surface area (Å²) < 4.78 is 5.59. The normalized spacial score (nSPS) is 11.5. The van der Waals surface area contributed by atoms with Gasteiger partial charge in [-0.2, -0.15) is 0 Å². The van der Waals surface area contributed by atoms with Gasteiger partial charge in [0.1, 0.15) is 11.8 Å². The SMILES string of the molecule is CC(=O)NCCN(C(=O)CCCOc1cccc(C)c1)C(C)C(=O)O. The first-order chi connectivity index (χ1) is 11.8. The highest BCUT2D eigenvalue weighted by Gasteiger charge is 2.24. The van der Waals surface area contributed by atoms with Crippen LogP contribution in [0.2, 0.25) is 0 Å². The van der Waals surface area contributed by atoms with Crippen molar-refractivity contribution in [3.05, 3.63) is 29.8 Å².